The fourth-order valence-corrected chi connectivity index (χ4v) is 4.92. The second-order valence-electron chi connectivity index (χ2n) is 7.00. The van der Waals surface area contributed by atoms with E-state index in [1.165, 1.54) is 16.7 Å². The number of halogens is 1. The minimum atomic E-state index is -4.26. The van der Waals surface area contributed by atoms with Crippen LogP contribution in [0.5, 0.6) is 5.88 Å². The van der Waals surface area contributed by atoms with Crippen molar-refractivity contribution in [1.82, 2.24) is 9.55 Å². The maximum Gasteiger partial charge on any atom is 0.277 e. The Hall–Kier alpha value is -2.45. The van der Waals surface area contributed by atoms with Crippen LogP contribution in [0.3, 0.4) is 0 Å². The first-order valence-electron chi connectivity index (χ1n) is 9.67. The highest BCUT2D eigenvalue weighted by atomic mass is 79.9. The first-order valence-corrected chi connectivity index (χ1v) is 11.9. The van der Waals surface area contributed by atoms with Crippen LogP contribution in [0.15, 0.2) is 73.7 Å². The molecule has 2 aromatic carbocycles. The number of nitrogens with zero attached hydrogens (tertiary/aromatic N) is 2. The first-order chi connectivity index (χ1) is 14.3. The largest absolute Gasteiger partial charge is 0.492 e. The van der Waals surface area contributed by atoms with Crippen LogP contribution in [0, 0.1) is 0 Å². The van der Waals surface area contributed by atoms with Gasteiger partial charge in [-0.15, -0.1) is 0 Å². The van der Waals surface area contributed by atoms with Gasteiger partial charge in [-0.3, -0.25) is 9.36 Å². The predicted molar refractivity (Wildman–Crippen MR) is 119 cm³/mol. The molecule has 0 radical (unpaired) electrons. The van der Waals surface area contributed by atoms with Crippen LogP contribution in [0.2, 0.25) is 0 Å². The SMILES string of the molecule is CCCCc1nc(O)c(S(=O)(=O)c2ccc(Br)cc2)c(=O)n1[C@H](C)c1ccccc1. The molecule has 3 aromatic rings. The van der Waals surface area contributed by atoms with Gasteiger partial charge in [0.2, 0.25) is 15.7 Å². The molecule has 0 bridgehead atoms. The lowest BCUT2D eigenvalue weighted by Gasteiger charge is -2.21. The molecule has 0 aliphatic rings. The molecule has 1 N–H and O–H groups in total. The molecule has 6 nitrogen and oxygen atoms in total. The van der Waals surface area contributed by atoms with Crippen LogP contribution in [0.1, 0.15) is 44.1 Å². The highest BCUT2D eigenvalue weighted by Crippen LogP contribution is 2.28. The van der Waals surface area contributed by atoms with Gasteiger partial charge in [-0.25, -0.2) is 8.42 Å². The van der Waals surface area contributed by atoms with Crippen molar-refractivity contribution in [3.05, 3.63) is 80.8 Å². The number of aromatic hydroxyl groups is 1. The Balaban J connectivity index is 2.25. The second kappa shape index (κ2) is 9.14. The molecular weight excluding hydrogens is 468 g/mol. The summed E-state index contributed by atoms with van der Waals surface area (Å²) in [5.74, 6) is -0.393. The molecule has 0 saturated carbocycles. The molecule has 8 heteroatoms. The maximum atomic E-state index is 13.4. The smallest absolute Gasteiger partial charge is 0.277 e. The van der Waals surface area contributed by atoms with Crippen molar-refractivity contribution in [3.8, 4) is 5.88 Å². The molecule has 0 amide bonds. The van der Waals surface area contributed by atoms with Crippen LogP contribution < -0.4 is 5.56 Å². The minimum absolute atomic E-state index is 0.0832. The molecule has 1 heterocycles. The van der Waals surface area contributed by atoms with Gasteiger partial charge in [0.05, 0.1) is 10.9 Å². The minimum Gasteiger partial charge on any atom is -0.492 e. The lowest BCUT2D eigenvalue weighted by Crippen LogP contribution is -2.32. The van der Waals surface area contributed by atoms with Gasteiger partial charge < -0.3 is 5.11 Å². The van der Waals surface area contributed by atoms with E-state index < -0.39 is 32.2 Å². The monoisotopic (exact) mass is 490 g/mol. The summed E-state index contributed by atoms with van der Waals surface area (Å²) in [6, 6.07) is 14.8. The van der Waals surface area contributed by atoms with Gasteiger partial charge in [0.15, 0.2) is 4.90 Å². The van der Waals surface area contributed by atoms with Crippen LogP contribution in [-0.4, -0.2) is 23.1 Å². The molecule has 0 fully saturated rings. The molecule has 1 aromatic heterocycles. The van der Waals surface area contributed by atoms with Crippen molar-refractivity contribution in [3.63, 3.8) is 0 Å². The molecule has 158 valence electrons. The second-order valence-corrected chi connectivity index (χ2v) is 9.81. The van der Waals surface area contributed by atoms with Gasteiger partial charge >= 0.3 is 0 Å². The summed E-state index contributed by atoms with van der Waals surface area (Å²) in [5.41, 5.74) is 0.0738. The highest BCUT2D eigenvalue weighted by molar-refractivity contribution is 9.10. The number of unbranched alkanes of at least 4 members (excludes halogenated alkanes) is 1. The van der Waals surface area contributed by atoms with Gasteiger partial charge in [0.25, 0.3) is 5.56 Å². The van der Waals surface area contributed by atoms with E-state index in [4.69, 9.17) is 0 Å². The topological polar surface area (TPSA) is 89.3 Å². The standard InChI is InChI=1S/C22H23BrN2O4S/c1-3-4-10-19-24-21(26)20(30(28,29)18-13-11-17(23)12-14-18)22(27)25(19)15(2)16-8-6-5-7-9-16/h5-9,11-15,26H,3-4,10H2,1-2H3/t15-/m1/s1. The Morgan fingerprint density at radius 2 is 1.73 bits per heavy atom. The summed E-state index contributed by atoms with van der Waals surface area (Å²) < 4.78 is 28.5. The summed E-state index contributed by atoms with van der Waals surface area (Å²) in [4.78, 5) is 16.8. The van der Waals surface area contributed by atoms with Crippen LogP contribution in [0.4, 0.5) is 0 Å². The third-order valence-corrected chi connectivity index (χ3v) is 7.26. The third kappa shape index (κ3) is 4.34. The molecule has 0 unspecified atom stereocenters. The van der Waals surface area contributed by atoms with E-state index in [-0.39, 0.29) is 4.90 Å². The third-order valence-electron chi connectivity index (χ3n) is 4.95. The van der Waals surface area contributed by atoms with E-state index in [1.54, 1.807) is 12.1 Å². The fraction of sp³-hybridized carbons (Fsp3) is 0.273. The average molecular weight is 491 g/mol. The molecule has 0 aliphatic heterocycles. The Labute approximate surface area is 184 Å². The zero-order chi connectivity index (χ0) is 21.9. The average Bonchev–Trinajstić information content (AvgIpc) is 2.72. The molecule has 0 saturated heterocycles. The lowest BCUT2D eigenvalue weighted by molar-refractivity contribution is 0.412. The molecule has 30 heavy (non-hydrogen) atoms. The highest BCUT2D eigenvalue weighted by Gasteiger charge is 2.30. The number of aromatic nitrogens is 2. The Bertz CT molecular complexity index is 1190. The van der Waals surface area contributed by atoms with E-state index in [9.17, 15) is 18.3 Å². The van der Waals surface area contributed by atoms with E-state index in [2.05, 4.69) is 20.9 Å². The van der Waals surface area contributed by atoms with E-state index in [0.717, 1.165) is 18.4 Å². The van der Waals surface area contributed by atoms with Gasteiger partial charge in [0, 0.05) is 10.9 Å². The maximum absolute atomic E-state index is 13.4. The van der Waals surface area contributed by atoms with Crippen molar-refractivity contribution in [1.29, 1.82) is 0 Å². The van der Waals surface area contributed by atoms with Crippen molar-refractivity contribution in [2.24, 2.45) is 0 Å². The summed E-state index contributed by atoms with van der Waals surface area (Å²) in [5, 5.41) is 10.5. The summed E-state index contributed by atoms with van der Waals surface area (Å²) in [6.07, 6.45) is 2.08. The van der Waals surface area contributed by atoms with Gasteiger partial charge in [0.1, 0.15) is 5.82 Å². The number of hydrogen-bond acceptors (Lipinski definition) is 5. The van der Waals surface area contributed by atoms with Crippen LogP contribution in [0.25, 0.3) is 0 Å². The van der Waals surface area contributed by atoms with Gasteiger partial charge in [-0.1, -0.05) is 59.6 Å². The van der Waals surface area contributed by atoms with E-state index in [0.29, 0.717) is 16.7 Å². The predicted octanol–water partition coefficient (Wildman–Crippen LogP) is 4.50. The number of sulfone groups is 1. The van der Waals surface area contributed by atoms with Crippen molar-refractivity contribution >= 4 is 25.8 Å². The van der Waals surface area contributed by atoms with Crippen molar-refractivity contribution in [2.75, 3.05) is 0 Å². The van der Waals surface area contributed by atoms with Crippen molar-refractivity contribution < 1.29 is 13.5 Å². The quantitative estimate of drug-likeness (QED) is 0.526. The first kappa shape index (κ1) is 22.2. The summed E-state index contributed by atoms with van der Waals surface area (Å²) in [6.45, 7) is 3.83. The van der Waals surface area contributed by atoms with E-state index >= 15 is 0 Å². The number of aryl methyl sites for hydroxylation is 1. The normalized spacial score (nSPS) is 12.6. The van der Waals surface area contributed by atoms with Gasteiger partial charge in [-0.2, -0.15) is 4.98 Å². The van der Waals surface area contributed by atoms with Crippen LogP contribution >= 0.6 is 15.9 Å². The fourth-order valence-electron chi connectivity index (χ4n) is 3.31. The molecule has 0 aliphatic carbocycles. The Morgan fingerprint density at radius 3 is 2.33 bits per heavy atom. The molecular formula is C22H23BrN2O4S. The molecule has 0 spiro atoms. The summed E-state index contributed by atoms with van der Waals surface area (Å²) in [7, 11) is -4.26. The van der Waals surface area contributed by atoms with Gasteiger partial charge in [-0.05, 0) is 43.2 Å². The zero-order valence-corrected chi connectivity index (χ0v) is 19.1. The lowest BCUT2D eigenvalue weighted by atomic mass is 10.1. The number of benzene rings is 2. The summed E-state index contributed by atoms with van der Waals surface area (Å²) >= 11 is 3.27. The molecule has 3 rings (SSSR count). The number of hydrogen-bond donors (Lipinski definition) is 1. The Morgan fingerprint density at radius 1 is 1.10 bits per heavy atom. The van der Waals surface area contributed by atoms with Crippen LogP contribution in [-0.2, 0) is 16.3 Å². The number of rotatable bonds is 7. The zero-order valence-electron chi connectivity index (χ0n) is 16.7. The Kier molecular flexibility index (Phi) is 6.77. The van der Waals surface area contributed by atoms with Crippen molar-refractivity contribution in [2.45, 2.75) is 48.9 Å². The molecule has 1 atom stereocenters. The van der Waals surface area contributed by atoms with E-state index in [1.807, 2.05) is 44.2 Å².